The van der Waals surface area contributed by atoms with Crippen LogP contribution in [0.3, 0.4) is 0 Å². The van der Waals surface area contributed by atoms with Crippen molar-refractivity contribution in [2.75, 3.05) is 37.5 Å². The number of rotatable bonds is 11. The molecular weight excluding hydrogens is 568 g/mol. The minimum atomic E-state index is -0.965. The van der Waals surface area contributed by atoms with Crippen molar-refractivity contribution in [1.29, 1.82) is 0 Å². The Morgan fingerprint density at radius 3 is 1.67 bits per heavy atom. The van der Waals surface area contributed by atoms with Gasteiger partial charge in [-0.1, -0.05) is 97.1 Å². The van der Waals surface area contributed by atoms with Crippen molar-refractivity contribution in [1.82, 2.24) is 5.32 Å². The quantitative estimate of drug-likeness (QED) is 0.164. The predicted octanol–water partition coefficient (Wildman–Crippen LogP) is 8.02. The molecule has 6 rings (SSSR count). The Morgan fingerprint density at radius 2 is 1.20 bits per heavy atom. The zero-order valence-electron chi connectivity index (χ0n) is 27.1. The molecule has 1 N–H and O–H groups in total. The van der Waals surface area contributed by atoms with E-state index in [1.165, 1.54) is 11.1 Å². The van der Waals surface area contributed by atoms with Crippen LogP contribution >= 0.6 is 0 Å². The normalized spacial score (nSPS) is 13.3. The molecule has 234 valence electrons. The van der Waals surface area contributed by atoms with Crippen molar-refractivity contribution in [3.8, 4) is 0 Å². The minimum Gasteiger partial charge on any atom is -0.451 e. The molecule has 0 saturated carbocycles. The number of nitrogens with zero attached hydrogens (tertiary/aromatic N) is 3. The van der Waals surface area contributed by atoms with Gasteiger partial charge in [-0.15, -0.1) is 0 Å². The lowest BCUT2D eigenvalue weighted by Crippen LogP contribution is -2.38. The molecule has 0 atom stereocenters. The molecule has 0 saturated heterocycles. The zero-order chi connectivity index (χ0) is 31.9. The van der Waals surface area contributed by atoms with E-state index in [1.54, 1.807) is 0 Å². The molecule has 0 radical (unpaired) electrons. The molecule has 6 nitrogen and oxygen atoms in total. The summed E-state index contributed by atoms with van der Waals surface area (Å²) in [5.41, 5.74) is 8.79. The van der Waals surface area contributed by atoms with Crippen LogP contribution in [0.4, 0.5) is 17.1 Å². The maximum atomic E-state index is 6.89. The fraction of sp³-hybridized carbons (Fsp3) is 0.225. The summed E-state index contributed by atoms with van der Waals surface area (Å²) in [5.74, 6) is 0. The molecule has 46 heavy (non-hydrogen) atoms. The van der Waals surface area contributed by atoms with E-state index in [2.05, 4.69) is 157 Å². The SMILES string of the molecule is CCOC1=Nc2cc(CNC)ccc2C(c2ccc(N(C)Cc3ccccc3)cc2)(c2ccc(N(C)Cc3ccccc3)cc2)O1. The van der Waals surface area contributed by atoms with Crippen molar-refractivity contribution >= 4 is 23.1 Å². The van der Waals surface area contributed by atoms with E-state index in [1.807, 2.05) is 14.0 Å². The molecule has 0 aliphatic carbocycles. The van der Waals surface area contributed by atoms with Crippen LogP contribution in [0, 0.1) is 0 Å². The Morgan fingerprint density at radius 1 is 0.674 bits per heavy atom. The number of hydrogen-bond donors (Lipinski definition) is 1. The average Bonchev–Trinajstić information content (AvgIpc) is 3.09. The maximum Gasteiger partial charge on any atom is 0.390 e. The van der Waals surface area contributed by atoms with Gasteiger partial charge in [0.2, 0.25) is 0 Å². The molecule has 6 heteroatoms. The molecule has 1 heterocycles. The van der Waals surface area contributed by atoms with Gasteiger partial charge in [-0.05, 0) is 61.0 Å². The van der Waals surface area contributed by atoms with Crippen molar-refractivity contribution < 1.29 is 9.47 Å². The molecule has 1 aliphatic heterocycles. The van der Waals surface area contributed by atoms with Crippen LogP contribution in [-0.2, 0) is 34.7 Å². The van der Waals surface area contributed by atoms with Crippen LogP contribution in [0.1, 0.15) is 40.3 Å². The Hall–Kier alpha value is -5.07. The van der Waals surface area contributed by atoms with Gasteiger partial charge < -0.3 is 24.6 Å². The number of nitrogens with one attached hydrogen (secondary N) is 1. The Bertz CT molecular complexity index is 1660. The van der Waals surface area contributed by atoms with Gasteiger partial charge >= 0.3 is 6.08 Å². The fourth-order valence-corrected chi connectivity index (χ4v) is 6.17. The molecule has 0 spiro atoms. The van der Waals surface area contributed by atoms with E-state index in [-0.39, 0.29) is 6.08 Å². The summed E-state index contributed by atoms with van der Waals surface area (Å²) >= 11 is 0. The molecule has 0 amide bonds. The van der Waals surface area contributed by atoms with Gasteiger partial charge in [0, 0.05) is 61.8 Å². The second-order valence-corrected chi connectivity index (χ2v) is 11.8. The highest BCUT2D eigenvalue weighted by molar-refractivity contribution is 5.79. The molecule has 0 aromatic heterocycles. The van der Waals surface area contributed by atoms with Crippen LogP contribution in [0.5, 0.6) is 0 Å². The fourth-order valence-electron chi connectivity index (χ4n) is 6.17. The number of ether oxygens (including phenoxy) is 2. The lowest BCUT2D eigenvalue weighted by molar-refractivity contribution is 0.0725. The molecular formula is C40H42N4O2. The minimum absolute atomic E-state index is 0.271. The smallest absolute Gasteiger partial charge is 0.390 e. The maximum absolute atomic E-state index is 6.89. The molecule has 5 aromatic rings. The molecule has 5 aromatic carbocycles. The first-order chi connectivity index (χ1) is 22.5. The number of hydrogen-bond acceptors (Lipinski definition) is 6. The summed E-state index contributed by atoms with van der Waals surface area (Å²) in [6.45, 7) is 4.78. The number of anilines is 2. The van der Waals surface area contributed by atoms with Gasteiger partial charge in [0.25, 0.3) is 0 Å². The number of aliphatic imine (C=N–C) groups is 1. The third-order valence-corrected chi connectivity index (χ3v) is 8.50. The average molecular weight is 611 g/mol. The van der Waals surface area contributed by atoms with E-state index >= 15 is 0 Å². The van der Waals surface area contributed by atoms with E-state index in [4.69, 9.17) is 14.5 Å². The second-order valence-electron chi connectivity index (χ2n) is 11.8. The predicted molar refractivity (Wildman–Crippen MR) is 189 cm³/mol. The van der Waals surface area contributed by atoms with Gasteiger partial charge in [-0.3, -0.25) is 0 Å². The summed E-state index contributed by atoms with van der Waals surface area (Å²) in [5, 5.41) is 3.26. The van der Waals surface area contributed by atoms with Gasteiger partial charge in [0.1, 0.15) is 0 Å². The van der Waals surface area contributed by atoms with Crippen LogP contribution in [-0.4, -0.2) is 33.8 Å². The van der Waals surface area contributed by atoms with Crippen LogP contribution < -0.4 is 15.1 Å². The monoisotopic (exact) mass is 610 g/mol. The molecule has 0 fully saturated rings. The summed E-state index contributed by atoms with van der Waals surface area (Å²) < 4.78 is 12.9. The third kappa shape index (κ3) is 6.49. The molecule has 1 aliphatic rings. The topological polar surface area (TPSA) is 49.3 Å². The number of fused-ring (bicyclic) bond motifs is 1. The highest BCUT2D eigenvalue weighted by Gasteiger charge is 2.45. The summed E-state index contributed by atoms with van der Waals surface area (Å²) in [4.78, 5) is 9.36. The van der Waals surface area contributed by atoms with E-state index in [9.17, 15) is 0 Å². The van der Waals surface area contributed by atoms with E-state index in [0.717, 1.165) is 59.0 Å². The van der Waals surface area contributed by atoms with E-state index in [0.29, 0.717) is 6.61 Å². The van der Waals surface area contributed by atoms with Crippen LogP contribution in [0.15, 0.2) is 132 Å². The van der Waals surface area contributed by atoms with E-state index < -0.39 is 5.60 Å². The third-order valence-electron chi connectivity index (χ3n) is 8.50. The standard InChI is InChI=1S/C40H42N4O2/c1-5-45-39-42-38-26-32(27-41-2)16-25-37(38)40(46-39,33-17-21-35(22-18-33)43(3)28-30-12-8-6-9-13-30)34-19-23-36(24-20-34)44(4)29-31-14-10-7-11-15-31/h6-26,41H,5,27-29H2,1-4H3. The van der Waals surface area contributed by atoms with Gasteiger partial charge in [-0.25, -0.2) is 0 Å². The summed E-state index contributed by atoms with van der Waals surface area (Å²) in [6.07, 6.45) is 0.271. The van der Waals surface area contributed by atoms with Gasteiger partial charge in [0.05, 0.1) is 12.3 Å². The lowest BCUT2D eigenvalue weighted by Gasteiger charge is -2.39. The first-order valence-electron chi connectivity index (χ1n) is 15.9. The van der Waals surface area contributed by atoms with Crippen LogP contribution in [0.25, 0.3) is 0 Å². The highest BCUT2D eigenvalue weighted by atomic mass is 16.7. The summed E-state index contributed by atoms with van der Waals surface area (Å²) in [6, 6.07) is 44.9. The van der Waals surface area contributed by atoms with Gasteiger partial charge in [-0.2, -0.15) is 4.99 Å². The Kier molecular flexibility index (Phi) is 9.36. The Balaban J connectivity index is 1.42. The van der Waals surface area contributed by atoms with Crippen molar-refractivity contribution in [3.05, 3.63) is 161 Å². The molecule has 0 bridgehead atoms. The highest BCUT2D eigenvalue weighted by Crippen LogP contribution is 2.48. The second kappa shape index (κ2) is 13.9. The zero-order valence-corrected chi connectivity index (χ0v) is 27.1. The first-order valence-corrected chi connectivity index (χ1v) is 15.9. The summed E-state index contributed by atoms with van der Waals surface area (Å²) in [7, 11) is 6.20. The van der Waals surface area contributed by atoms with Crippen LogP contribution in [0.2, 0.25) is 0 Å². The Labute approximate surface area is 272 Å². The van der Waals surface area contributed by atoms with Crippen molar-refractivity contribution in [2.45, 2.75) is 32.2 Å². The van der Waals surface area contributed by atoms with Crippen molar-refractivity contribution in [3.63, 3.8) is 0 Å². The molecule has 0 unspecified atom stereocenters. The number of benzene rings is 5. The van der Waals surface area contributed by atoms with Gasteiger partial charge in [0.15, 0.2) is 5.60 Å². The van der Waals surface area contributed by atoms with Crippen molar-refractivity contribution in [2.24, 2.45) is 4.99 Å². The first kappa shape index (κ1) is 30.9. The largest absolute Gasteiger partial charge is 0.451 e. The lowest BCUT2D eigenvalue weighted by atomic mass is 9.78.